The lowest BCUT2D eigenvalue weighted by Gasteiger charge is -2.20. The van der Waals surface area contributed by atoms with Gasteiger partial charge in [-0.05, 0) is 85.2 Å². The highest BCUT2D eigenvalue weighted by Crippen LogP contribution is 2.40. The second-order valence-corrected chi connectivity index (χ2v) is 10.5. The van der Waals surface area contributed by atoms with Crippen LogP contribution in [0.1, 0.15) is 55.2 Å². The van der Waals surface area contributed by atoms with Gasteiger partial charge in [-0.3, -0.25) is 4.79 Å². The number of methoxy groups -OCH3 is 1. The Morgan fingerprint density at radius 1 is 1.43 bits per heavy atom. The number of esters is 1. The third-order valence-electron chi connectivity index (χ3n) is 5.96. The van der Waals surface area contributed by atoms with Gasteiger partial charge in [-0.15, -0.1) is 11.3 Å². The Morgan fingerprint density at radius 3 is 2.87 bits per heavy atom. The molecule has 1 aliphatic rings. The monoisotopic (exact) mass is 498 g/mol. The number of rotatable bonds is 11. The molecule has 0 spiro atoms. The molecular weight excluding hydrogens is 464 g/mol. The molecule has 1 aliphatic carbocycles. The highest BCUT2D eigenvalue weighted by molar-refractivity contribution is 9.10. The van der Waals surface area contributed by atoms with E-state index in [9.17, 15) is 15.0 Å². The van der Waals surface area contributed by atoms with E-state index in [2.05, 4.69) is 58.8 Å². The Bertz CT molecular complexity index is 707. The van der Waals surface area contributed by atoms with E-state index in [0.29, 0.717) is 18.8 Å². The van der Waals surface area contributed by atoms with Crippen molar-refractivity contribution in [3.63, 3.8) is 0 Å². The van der Waals surface area contributed by atoms with Gasteiger partial charge < -0.3 is 14.9 Å². The molecule has 2 unspecified atom stereocenters. The topological polar surface area (TPSA) is 66.8 Å². The van der Waals surface area contributed by atoms with Crippen LogP contribution in [0.2, 0.25) is 0 Å². The van der Waals surface area contributed by atoms with Crippen LogP contribution in [-0.4, -0.2) is 35.5 Å². The Balaban J connectivity index is 1.81. The minimum absolute atomic E-state index is 0.172. The van der Waals surface area contributed by atoms with E-state index < -0.39 is 6.10 Å². The van der Waals surface area contributed by atoms with Gasteiger partial charge in [-0.1, -0.05) is 31.2 Å². The van der Waals surface area contributed by atoms with Crippen LogP contribution >= 0.6 is 27.3 Å². The third kappa shape index (κ3) is 7.95. The Hall–Kier alpha value is -0.950. The van der Waals surface area contributed by atoms with Crippen LogP contribution in [0.25, 0.3) is 0 Å². The van der Waals surface area contributed by atoms with E-state index in [1.165, 1.54) is 16.9 Å². The number of aliphatic hydroxyl groups excluding tert-OH is 2. The van der Waals surface area contributed by atoms with Crippen LogP contribution in [0.4, 0.5) is 0 Å². The molecule has 0 aromatic carbocycles. The summed E-state index contributed by atoms with van der Waals surface area (Å²) in [5, 5.41) is 20.9. The number of hydrogen-bond acceptors (Lipinski definition) is 5. The number of ether oxygens (including phenoxy) is 1. The van der Waals surface area contributed by atoms with E-state index in [1.54, 1.807) is 11.3 Å². The molecule has 30 heavy (non-hydrogen) atoms. The van der Waals surface area contributed by atoms with Gasteiger partial charge in [-0.2, -0.15) is 0 Å². The molecule has 0 radical (unpaired) electrons. The fourth-order valence-corrected chi connectivity index (χ4v) is 5.78. The first-order valence-corrected chi connectivity index (χ1v) is 12.4. The first-order valence-electron chi connectivity index (χ1n) is 10.8. The summed E-state index contributed by atoms with van der Waals surface area (Å²) in [6, 6.07) is 2.14. The number of aliphatic hydroxyl groups is 2. The van der Waals surface area contributed by atoms with Crippen molar-refractivity contribution in [1.82, 2.24) is 0 Å². The largest absolute Gasteiger partial charge is 0.469 e. The van der Waals surface area contributed by atoms with Crippen molar-refractivity contribution in [2.24, 2.45) is 17.8 Å². The van der Waals surface area contributed by atoms with E-state index >= 15 is 0 Å². The Kier molecular flexibility index (Phi) is 10.8. The van der Waals surface area contributed by atoms with Crippen molar-refractivity contribution in [3.8, 4) is 0 Å². The number of carbonyl (C=O) groups is 1. The summed E-state index contributed by atoms with van der Waals surface area (Å²) < 4.78 is 5.79. The van der Waals surface area contributed by atoms with Crippen LogP contribution < -0.4 is 0 Å². The van der Waals surface area contributed by atoms with Crippen LogP contribution in [0.3, 0.4) is 0 Å². The van der Waals surface area contributed by atoms with Gasteiger partial charge in [-0.25, -0.2) is 0 Å². The molecule has 0 saturated heterocycles. The molecule has 0 amide bonds. The smallest absolute Gasteiger partial charge is 0.305 e. The number of aryl methyl sites for hydroxylation is 2. The normalized spacial score (nSPS) is 25.4. The lowest BCUT2D eigenvalue weighted by atomic mass is 9.86. The molecule has 1 aromatic rings. The number of halogens is 1. The zero-order valence-electron chi connectivity index (χ0n) is 18.2. The molecular formula is C24H35BrO4S. The molecule has 0 aliphatic heterocycles. The summed E-state index contributed by atoms with van der Waals surface area (Å²) in [6.45, 7) is 4.27. The van der Waals surface area contributed by atoms with Crippen LogP contribution in [-0.2, 0) is 16.0 Å². The number of unbranched alkanes of at least 4 members (excludes halogenated alkanes) is 1. The summed E-state index contributed by atoms with van der Waals surface area (Å²) in [4.78, 5) is 13.7. The maximum absolute atomic E-state index is 11.1. The second-order valence-electron chi connectivity index (χ2n) is 8.30. The predicted molar refractivity (Wildman–Crippen MR) is 127 cm³/mol. The lowest BCUT2D eigenvalue weighted by molar-refractivity contribution is -0.140. The minimum atomic E-state index is -0.467. The number of carbonyl (C=O) groups excluding carboxylic acids is 1. The predicted octanol–water partition coefficient (Wildman–Crippen LogP) is 5.59. The summed E-state index contributed by atoms with van der Waals surface area (Å²) >= 11 is 5.32. The highest BCUT2D eigenvalue weighted by atomic mass is 79.9. The van der Waals surface area contributed by atoms with Gasteiger partial charge in [0, 0.05) is 20.6 Å². The SMILES string of the molecule is COC(=O)CCCC=CC[C@H]1C(O)CC(C)[C@@H]1C=C[C@@H](O)CCc1cc(Br)c(C)s1. The van der Waals surface area contributed by atoms with Gasteiger partial charge in [0.25, 0.3) is 0 Å². The second kappa shape index (κ2) is 12.8. The lowest BCUT2D eigenvalue weighted by Crippen LogP contribution is -2.18. The average molecular weight is 500 g/mol. The molecule has 1 fully saturated rings. The molecule has 1 aromatic heterocycles. The summed E-state index contributed by atoms with van der Waals surface area (Å²) in [6.07, 6.45) is 12.7. The maximum Gasteiger partial charge on any atom is 0.305 e. The molecule has 0 bridgehead atoms. The molecule has 1 heterocycles. The van der Waals surface area contributed by atoms with Gasteiger partial charge in [0.15, 0.2) is 0 Å². The minimum Gasteiger partial charge on any atom is -0.469 e. The van der Waals surface area contributed by atoms with E-state index in [0.717, 1.165) is 36.6 Å². The third-order valence-corrected chi connectivity index (χ3v) is 8.16. The zero-order valence-corrected chi connectivity index (χ0v) is 20.6. The Morgan fingerprint density at radius 2 is 2.20 bits per heavy atom. The van der Waals surface area contributed by atoms with Gasteiger partial charge in [0.05, 0.1) is 19.3 Å². The molecule has 5 atom stereocenters. The Labute approximate surface area is 193 Å². The molecule has 6 heteroatoms. The fraction of sp³-hybridized carbons (Fsp3) is 0.625. The van der Waals surface area contributed by atoms with Crippen molar-refractivity contribution in [1.29, 1.82) is 0 Å². The quantitative estimate of drug-likeness (QED) is 0.237. The summed E-state index contributed by atoms with van der Waals surface area (Å²) in [5.41, 5.74) is 0. The first kappa shape index (κ1) is 25.3. The van der Waals surface area contributed by atoms with Crippen molar-refractivity contribution < 1.29 is 19.7 Å². The number of hydrogen-bond donors (Lipinski definition) is 2. The summed E-state index contributed by atoms with van der Waals surface area (Å²) in [7, 11) is 1.41. The summed E-state index contributed by atoms with van der Waals surface area (Å²) in [5.74, 6) is 0.676. The van der Waals surface area contributed by atoms with E-state index in [4.69, 9.17) is 0 Å². The zero-order chi connectivity index (χ0) is 22.1. The fourth-order valence-electron chi connectivity index (χ4n) is 4.16. The number of allylic oxidation sites excluding steroid dienone is 3. The first-order chi connectivity index (χ1) is 14.3. The van der Waals surface area contributed by atoms with Crippen LogP contribution in [0.15, 0.2) is 34.8 Å². The van der Waals surface area contributed by atoms with E-state index in [-0.39, 0.29) is 23.9 Å². The molecule has 2 N–H and O–H groups in total. The maximum atomic E-state index is 11.1. The van der Waals surface area contributed by atoms with Gasteiger partial charge in [0.1, 0.15) is 0 Å². The van der Waals surface area contributed by atoms with Crippen LogP contribution in [0.5, 0.6) is 0 Å². The molecule has 4 nitrogen and oxygen atoms in total. The van der Waals surface area contributed by atoms with Crippen LogP contribution in [0, 0.1) is 24.7 Å². The van der Waals surface area contributed by atoms with Crippen molar-refractivity contribution in [3.05, 3.63) is 44.6 Å². The van der Waals surface area contributed by atoms with Crippen molar-refractivity contribution >= 4 is 33.2 Å². The highest BCUT2D eigenvalue weighted by Gasteiger charge is 2.37. The molecule has 168 valence electrons. The number of thiophene rings is 1. The van der Waals surface area contributed by atoms with Gasteiger partial charge >= 0.3 is 5.97 Å². The van der Waals surface area contributed by atoms with E-state index in [1.807, 2.05) is 6.08 Å². The average Bonchev–Trinajstić information content (AvgIpc) is 3.17. The molecule has 1 saturated carbocycles. The van der Waals surface area contributed by atoms with Crippen molar-refractivity contribution in [2.45, 2.75) is 71.0 Å². The van der Waals surface area contributed by atoms with Crippen molar-refractivity contribution in [2.75, 3.05) is 7.11 Å². The molecule has 2 rings (SSSR count). The standard InChI is InChI=1S/C24H35BrO4S/c1-16-14-23(27)21(8-6-4-5-7-9-24(28)29-3)20(16)13-11-18(26)10-12-19-15-22(25)17(2)30-19/h4,6,11,13,15-16,18,20-21,23,26-27H,5,7-10,12,14H2,1-3H3/t16?,18-,20-,21+,23?/m0/s1. The van der Waals surface area contributed by atoms with Gasteiger partial charge in [0.2, 0.25) is 0 Å².